The number of hydrogen-bond donors (Lipinski definition) is 1. The second-order valence-corrected chi connectivity index (χ2v) is 5.06. The summed E-state index contributed by atoms with van der Waals surface area (Å²) in [4.78, 5) is 4.43. The van der Waals surface area contributed by atoms with E-state index in [1.807, 2.05) is 49.1 Å². The Kier molecular flexibility index (Phi) is 3.43. The average molecular weight is 283 g/mol. The molecular weight excluding hydrogens is 266 g/mol. The van der Waals surface area contributed by atoms with E-state index in [-0.39, 0.29) is 0 Å². The summed E-state index contributed by atoms with van der Waals surface area (Å²) >= 11 is 0. The largest absolute Gasteiger partial charge is 0.398 e. The number of nitrogens with two attached hydrogens (primary N) is 1. The Morgan fingerprint density at radius 2 is 2.14 bits per heavy atom. The van der Waals surface area contributed by atoms with E-state index in [1.54, 1.807) is 0 Å². The third-order valence-corrected chi connectivity index (χ3v) is 3.40. The highest BCUT2D eigenvalue weighted by atomic mass is 16.5. The molecule has 2 heterocycles. The van der Waals surface area contributed by atoms with Crippen molar-refractivity contribution in [2.24, 2.45) is 0 Å². The molecule has 2 N–H and O–H groups in total. The molecule has 0 radical (unpaired) electrons. The van der Waals surface area contributed by atoms with Gasteiger partial charge in [0.25, 0.3) is 0 Å². The van der Waals surface area contributed by atoms with Crippen molar-refractivity contribution < 1.29 is 4.52 Å². The molecule has 6 nitrogen and oxygen atoms in total. The summed E-state index contributed by atoms with van der Waals surface area (Å²) in [5.41, 5.74) is 9.64. The number of rotatable bonds is 4. The number of aromatic nitrogens is 4. The molecular formula is C15H17N5O. The van der Waals surface area contributed by atoms with Gasteiger partial charge in [-0.1, -0.05) is 17.3 Å². The first-order valence-electron chi connectivity index (χ1n) is 6.80. The first kappa shape index (κ1) is 13.4. The van der Waals surface area contributed by atoms with Crippen LogP contribution in [0.3, 0.4) is 0 Å². The van der Waals surface area contributed by atoms with Crippen molar-refractivity contribution in [3.8, 4) is 11.4 Å². The van der Waals surface area contributed by atoms with Crippen LogP contribution in [0.4, 0.5) is 5.69 Å². The topological polar surface area (TPSA) is 82.8 Å². The lowest BCUT2D eigenvalue weighted by molar-refractivity contribution is 0.369. The van der Waals surface area contributed by atoms with E-state index in [9.17, 15) is 0 Å². The Morgan fingerprint density at radius 3 is 2.90 bits per heavy atom. The minimum Gasteiger partial charge on any atom is -0.398 e. The first-order chi connectivity index (χ1) is 10.1. The van der Waals surface area contributed by atoms with Crippen LogP contribution in [-0.2, 0) is 13.0 Å². The molecule has 6 heteroatoms. The molecule has 0 atom stereocenters. The SMILES string of the molecule is Cc1cnn(CCc2nc(-c3cccc(N)c3C)no2)c1. The van der Waals surface area contributed by atoms with E-state index < -0.39 is 0 Å². The molecule has 0 saturated heterocycles. The number of nitrogens with zero attached hydrogens (tertiary/aromatic N) is 4. The Labute approximate surface area is 122 Å². The van der Waals surface area contributed by atoms with Crippen LogP contribution in [0.1, 0.15) is 17.0 Å². The van der Waals surface area contributed by atoms with Gasteiger partial charge in [0.1, 0.15) is 0 Å². The van der Waals surface area contributed by atoms with E-state index >= 15 is 0 Å². The normalized spacial score (nSPS) is 11.0. The van der Waals surface area contributed by atoms with Gasteiger partial charge in [0.2, 0.25) is 11.7 Å². The maximum Gasteiger partial charge on any atom is 0.228 e. The smallest absolute Gasteiger partial charge is 0.228 e. The zero-order chi connectivity index (χ0) is 14.8. The Bertz CT molecular complexity index is 759. The fraction of sp³-hybridized carbons (Fsp3) is 0.267. The van der Waals surface area contributed by atoms with Crippen LogP contribution >= 0.6 is 0 Å². The summed E-state index contributed by atoms with van der Waals surface area (Å²) in [6.07, 6.45) is 4.46. The summed E-state index contributed by atoms with van der Waals surface area (Å²) in [7, 11) is 0. The Hall–Kier alpha value is -2.63. The van der Waals surface area contributed by atoms with E-state index in [4.69, 9.17) is 10.3 Å². The summed E-state index contributed by atoms with van der Waals surface area (Å²) in [5, 5.41) is 8.27. The average Bonchev–Trinajstić information content (AvgIpc) is 3.08. The van der Waals surface area contributed by atoms with Crippen molar-refractivity contribution in [1.29, 1.82) is 0 Å². The second-order valence-electron chi connectivity index (χ2n) is 5.06. The van der Waals surface area contributed by atoms with Gasteiger partial charge in [-0.2, -0.15) is 10.1 Å². The van der Waals surface area contributed by atoms with Crippen LogP contribution in [0, 0.1) is 13.8 Å². The molecule has 3 rings (SSSR count). The molecule has 0 aliphatic carbocycles. The number of hydrogen-bond acceptors (Lipinski definition) is 5. The van der Waals surface area contributed by atoms with Gasteiger partial charge in [-0.15, -0.1) is 0 Å². The van der Waals surface area contributed by atoms with Gasteiger partial charge < -0.3 is 10.3 Å². The van der Waals surface area contributed by atoms with E-state index in [0.29, 0.717) is 24.7 Å². The maximum absolute atomic E-state index is 5.90. The van der Waals surface area contributed by atoms with E-state index in [1.165, 1.54) is 0 Å². The Morgan fingerprint density at radius 1 is 1.29 bits per heavy atom. The number of anilines is 1. The third kappa shape index (κ3) is 2.79. The molecule has 0 unspecified atom stereocenters. The van der Waals surface area contributed by atoms with E-state index in [2.05, 4.69) is 15.2 Å². The molecule has 0 saturated carbocycles. The van der Waals surface area contributed by atoms with Gasteiger partial charge in [0, 0.05) is 30.4 Å². The molecule has 0 fully saturated rings. The Balaban J connectivity index is 1.75. The van der Waals surface area contributed by atoms with Crippen molar-refractivity contribution in [2.75, 3.05) is 5.73 Å². The fourth-order valence-corrected chi connectivity index (χ4v) is 2.16. The highest BCUT2D eigenvalue weighted by Crippen LogP contribution is 2.24. The van der Waals surface area contributed by atoms with Crippen molar-refractivity contribution >= 4 is 5.69 Å². The summed E-state index contributed by atoms with van der Waals surface area (Å²) in [6.45, 7) is 4.68. The second kappa shape index (κ2) is 5.40. The summed E-state index contributed by atoms with van der Waals surface area (Å²) in [6, 6.07) is 5.69. The zero-order valence-corrected chi connectivity index (χ0v) is 12.1. The molecule has 21 heavy (non-hydrogen) atoms. The van der Waals surface area contributed by atoms with Gasteiger partial charge in [-0.25, -0.2) is 0 Å². The van der Waals surface area contributed by atoms with Gasteiger partial charge in [-0.05, 0) is 31.0 Å². The number of benzene rings is 1. The predicted molar refractivity (Wildman–Crippen MR) is 79.6 cm³/mol. The molecule has 3 aromatic rings. The van der Waals surface area contributed by atoms with Crippen LogP contribution in [0.2, 0.25) is 0 Å². The number of nitrogen functional groups attached to an aromatic ring is 1. The highest BCUT2D eigenvalue weighted by molar-refractivity contribution is 5.67. The van der Waals surface area contributed by atoms with Crippen LogP contribution in [0.25, 0.3) is 11.4 Å². The summed E-state index contributed by atoms with van der Waals surface area (Å²) < 4.78 is 7.17. The van der Waals surface area contributed by atoms with Crippen LogP contribution in [0.15, 0.2) is 35.1 Å². The van der Waals surface area contributed by atoms with Crippen molar-refractivity contribution in [1.82, 2.24) is 19.9 Å². The van der Waals surface area contributed by atoms with E-state index in [0.717, 1.165) is 22.4 Å². The van der Waals surface area contributed by atoms with Gasteiger partial charge >= 0.3 is 0 Å². The molecule has 0 amide bonds. The fourth-order valence-electron chi connectivity index (χ4n) is 2.16. The minimum atomic E-state index is 0.575. The molecule has 0 bridgehead atoms. The van der Waals surface area contributed by atoms with Gasteiger partial charge in [-0.3, -0.25) is 4.68 Å². The third-order valence-electron chi connectivity index (χ3n) is 3.40. The first-order valence-corrected chi connectivity index (χ1v) is 6.80. The number of aryl methyl sites for hydroxylation is 3. The van der Waals surface area contributed by atoms with Gasteiger partial charge in [0.05, 0.1) is 6.20 Å². The lowest BCUT2D eigenvalue weighted by Crippen LogP contribution is -2.01. The van der Waals surface area contributed by atoms with Crippen molar-refractivity contribution in [3.05, 3.63) is 47.6 Å². The predicted octanol–water partition coefficient (Wildman–Crippen LogP) is 2.37. The van der Waals surface area contributed by atoms with Crippen LogP contribution < -0.4 is 5.73 Å². The molecule has 0 aliphatic heterocycles. The minimum absolute atomic E-state index is 0.575. The molecule has 0 spiro atoms. The molecule has 0 aliphatic rings. The van der Waals surface area contributed by atoms with Crippen LogP contribution in [-0.4, -0.2) is 19.9 Å². The molecule has 108 valence electrons. The standard InChI is InChI=1S/C15H17N5O/c1-10-8-17-20(9-10)7-6-14-18-15(19-21-14)12-4-3-5-13(16)11(12)2/h3-5,8-9H,6-7,16H2,1-2H3. The van der Waals surface area contributed by atoms with Gasteiger partial charge in [0.15, 0.2) is 0 Å². The quantitative estimate of drug-likeness (QED) is 0.743. The zero-order valence-electron chi connectivity index (χ0n) is 12.1. The van der Waals surface area contributed by atoms with Crippen molar-refractivity contribution in [3.63, 3.8) is 0 Å². The lowest BCUT2D eigenvalue weighted by atomic mass is 10.1. The maximum atomic E-state index is 5.90. The molecule has 2 aromatic heterocycles. The molecule has 1 aromatic carbocycles. The van der Waals surface area contributed by atoms with Crippen molar-refractivity contribution in [2.45, 2.75) is 26.8 Å². The van der Waals surface area contributed by atoms with Crippen LogP contribution in [0.5, 0.6) is 0 Å². The summed E-state index contributed by atoms with van der Waals surface area (Å²) in [5.74, 6) is 1.17. The monoisotopic (exact) mass is 283 g/mol. The lowest BCUT2D eigenvalue weighted by Gasteiger charge is -2.03. The highest BCUT2D eigenvalue weighted by Gasteiger charge is 2.12.